The Balaban J connectivity index is 7.17. The van der Waals surface area contributed by atoms with Gasteiger partial charge in [-0.25, -0.2) is 0 Å². The van der Waals surface area contributed by atoms with Crippen molar-refractivity contribution in [3.05, 3.63) is 12.2 Å². The molecule has 25 heteroatoms. The Labute approximate surface area is 538 Å². The molecule has 5 N–H and O–H groups in total. The molecule has 0 aromatic carbocycles. The minimum absolute atomic E-state index is 0.0684. The summed E-state index contributed by atoms with van der Waals surface area (Å²) in [5.74, 6) is -9.41. The number of likely N-dealkylation sites (N-methyl/N-ethyl adjacent to an activating group) is 7. The summed E-state index contributed by atoms with van der Waals surface area (Å²) in [6.07, 6.45) is 3.74. The van der Waals surface area contributed by atoms with Crippen molar-refractivity contribution in [1.82, 2.24) is 56.0 Å². The van der Waals surface area contributed by atoms with Gasteiger partial charge in [0.05, 0.1) is 13.2 Å². The lowest BCUT2D eigenvalue weighted by Crippen LogP contribution is -2.64. The van der Waals surface area contributed by atoms with Crippen LogP contribution in [-0.4, -0.2) is 230 Å². The second-order valence-corrected chi connectivity index (χ2v) is 26.6. The van der Waals surface area contributed by atoms with E-state index in [9.17, 15) is 43.2 Å². The number of nitrogens with zero attached hydrogens (tertiary/aromatic N) is 6. The number of amides is 10. The molecule has 25 nitrogen and oxygen atoms in total. The minimum Gasteiger partial charge on any atom is -0.468 e. The fourth-order valence-corrected chi connectivity index (χ4v) is 10.7. The van der Waals surface area contributed by atoms with E-state index in [0.717, 1.165) is 9.80 Å². The number of esters is 2. The molecule has 0 radical (unpaired) electrons. The zero-order chi connectivity index (χ0) is 70.1. The van der Waals surface area contributed by atoms with Gasteiger partial charge in [-0.3, -0.25) is 57.5 Å². The molecule has 0 aromatic rings. The lowest BCUT2D eigenvalue weighted by molar-refractivity contribution is -0.164. The van der Waals surface area contributed by atoms with Gasteiger partial charge in [0.1, 0.15) is 67.0 Å². The average Bonchev–Trinajstić information content (AvgIpc) is 0.992. The van der Waals surface area contributed by atoms with E-state index in [-0.39, 0.29) is 61.2 Å². The van der Waals surface area contributed by atoms with Crippen molar-refractivity contribution in [1.29, 1.82) is 0 Å². The summed E-state index contributed by atoms with van der Waals surface area (Å²) in [5, 5.41) is 14.0. The zero-order valence-electron chi connectivity index (χ0n) is 59.4. The first-order valence-electron chi connectivity index (χ1n) is 31.9. The Kier molecular flexibility index (Phi) is 36.6. The number of carbonyl (C=O) groups excluding carboxylic acids is 12. The van der Waals surface area contributed by atoms with E-state index < -0.39 is 150 Å². The van der Waals surface area contributed by atoms with Crippen LogP contribution >= 0.6 is 0 Å². The molecule has 12 atom stereocenters. The molecule has 0 saturated carbocycles. The predicted molar refractivity (Wildman–Crippen MR) is 346 cm³/mol. The summed E-state index contributed by atoms with van der Waals surface area (Å²) in [7, 11) is 11.4. The zero-order valence-corrected chi connectivity index (χ0v) is 59.4. The van der Waals surface area contributed by atoms with Crippen LogP contribution in [0.4, 0.5) is 0 Å². The third-order valence-corrected chi connectivity index (χ3v) is 16.1. The van der Waals surface area contributed by atoms with E-state index in [0.29, 0.717) is 12.8 Å². The Morgan fingerprint density at radius 2 is 0.922 bits per heavy atom. The van der Waals surface area contributed by atoms with E-state index in [4.69, 9.17) is 9.47 Å². The second-order valence-electron chi connectivity index (χ2n) is 26.6. The Morgan fingerprint density at radius 1 is 0.467 bits per heavy atom. The summed E-state index contributed by atoms with van der Waals surface area (Å²) in [6, 6.07) is -11.4. The van der Waals surface area contributed by atoms with E-state index in [1.807, 2.05) is 61.5 Å². The smallest absolute Gasteiger partial charge is 0.325 e. The van der Waals surface area contributed by atoms with Gasteiger partial charge < -0.3 is 65.5 Å². The number of hydrogen-bond donors (Lipinski definition) is 5. The first-order chi connectivity index (χ1) is 41.6. The Hall–Kier alpha value is -6.66. The first-order valence-corrected chi connectivity index (χ1v) is 31.9. The summed E-state index contributed by atoms with van der Waals surface area (Å²) in [6.45, 7) is 31.1. The molecule has 0 aliphatic rings. The molecule has 0 spiro atoms. The van der Waals surface area contributed by atoms with Gasteiger partial charge in [0.2, 0.25) is 59.1 Å². The summed E-state index contributed by atoms with van der Waals surface area (Å²) in [5.41, 5.74) is 0. The third-order valence-electron chi connectivity index (χ3n) is 16.1. The molecule has 90 heavy (non-hydrogen) atoms. The lowest BCUT2D eigenvalue weighted by Gasteiger charge is -2.42. The van der Waals surface area contributed by atoms with Crippen LogP contribution in [0.25, 0.3) is 0 Å². The fraction of sp³-hybridized carbons (Fsp3) is 0.785. The monoisotopic (exact) mass is 1280 g/mol. The van der Waals surface area contributed by atoms with Crippen molar-refractivity contribution in [2.75, 3.05) is 63.0 Å². The van der Waals surface area contributed by atoms with Gasteiger partial charge in [-0.2, -0.15) is 0 Å². The van der Waals surface area contributed by atoms with Gasteiger partial charge >= 0.3 is 11.9 Å². The van der Waals surface area contributed by atoms with Gasteiger partial charge in [-0.05, 0) is 108 Å². The van der Waals surface area contributed by atoms with Crippen LogP contribution in [0.1, 0.15) is 163 Å². The maximum absolute atomic E-state index is 15.2. The molecular formula is C65H117N11O14. The molecule has 0 rings (SSSR count). The molecule has 0 aromatic heterocycles. The highest BCUT2D eigenvalue weighted by atomic mass is 16.5. The first kappa shape index (κ1) is 83.3. The molecule has 0 heterocycles. The quantitative estimate of drug-likeness (QED) is 0.0434. The van der Waals surface area contributed by atoms with Crippen LogP contribution in [0.2, 0.25) is 0 Å². The molecule has 0 aliphatic carbocycles. The predicted octanol–water partition coefficient (Wildman–Crippen LogP) is 3.76. The fourth-order valence-electron chi connectivity index (χ4n) is 10.7. The SMILES string of the molecule is CC=CC[C@@H](C)[C@@H](OC(C)=O)[C@@H](C(=O)N[C@@H](CC)C(=O)N(C)CC(=O)OC)N(C)C(=O)[C@H](C(C)C)N(C)C(=O)[C@H](CC(C)C)N(C)C(=O)[C@H](CC(C)C)N(C)C(=O)[C@@H](C)NC(=O)[C@H](C)NC(=O)[C@H](CC(C)C)N(C)C(=O)[C@@H](NC(=O)[C@H](CC(C)C)NC)C(C)C. The summed E-state index contributed by atoms with van der Waals surface area (Å²) < 4.78 is 10.6. The van der Waals surface area contributed by atoms with Gasteiger partial charge in [-0.1, -0.05) is 109 Å². The highest BCUT2D eigenvalue weighted by Gasteiger charge is 2.46. The van der Waals surface area contributed by atoms with Crippen molar-refractivity contribution in [3.63, 3.8) is 0 Å². The van der Waals surface area contributed by atoms with Gasteiger partial charge in [0.25, 0.3) is 0 Å². The Morgan fingerprint density at radius 3 is 1.36 bits per heavy atom. The van der Waals surface area contributed by atoms with Crippen LogP contribution in [0.5, 0.6) is 0 Å². The van der Waals surface area contributed by atoms with Gasteiger partial charge in [0.15, 0.2) is 0 Å². The van der Waals surface area contributed by atoms with Crippen molar-refractivity contribution in [3.8, 4) is 0 Å². The van der Waals surface area contributed by atoms with E-state index in [1.54, 1.807) is 61.6 Å². The number of methoxy groups -OCH3 is 1. The summed E-state index contributed by atoms with van der Waals surface area (Å²) >= 11 is 0. The highest BCUT2D eigenvalue weighted by Crippen LogP contribution is 2.27. The van der Waals surface area contributed by atoms with Crippen LogP contribution in [-0.2, 0) is 67.0 Å². The number of allylic oxidation sites excluding steroid dienone is 2. The minimum atomic E-state index is -1.56. The molecule has 0 saturated heterocycles. The molecule has 0 aliphatic heterocycles. The van der Waals surface area contributed by atoms with Crippen LogP contribution < -0.4 is 26.6 Å². The number of carbonyl (C=O) groups is 12. The van der Waals surface area contributed by atoms with Crippen molar-refractivity contribution in [2.24, 2.45) is 41.4 Å². The normalized spacial score (nSPS) is 15.7. The van der Waals surface area contributed by atoms with E-state index in [1.165, 1.54) is 89.8 Å². The average molecular weight is 1280 g/mol. The second kappa shape index (κ2) is 39.6. The van der Waals surface area contributed by atoms with E-state index >= 15 is 14.4 Å². The molecule has 0 bridgehead atoms. The number of rotatable bonds is 38. The van der Waals surface area contributed by atoms with Crippen LogP contribution in [0.15, 0.2) is 12.2 Å². The van der Waals surface area contributed by atoms with Gasteiger partial charge in [0, 0.05) is 49.2 Å². The van der Waals surface area contributed by atoms with Crippen molar-refractivity contribution < 1.29 is 67.0 Å². The number of ether oxygens (including phenoxy) is 2. The number of nitrogens with one attached hydrogen (secondary N) is 5. The molecule has 0 unspecified atom stereocenters. The van der Waals surface area contributed by atoms with Crippen LogP contribution in [0.3, 0.4) is 0 Å². The molecule has 0 fully saturated rings. The topological polar surface area (TPSA) is 303 Å². The third kappa shape index (κ3) is 25.6. The van der Waals surface area contributed by atoms with E-state index in [2.05, 4.69) is 26.6 Å². The molecular weight excluding hydrogens is 1160 g/mol. The van der Waals surface area contributed by atoms with Gasteiger partial charge in [-0.15, -0.1) is 0 Å². The number of hydrogen-bond acceptors (Lipinski definition) is 15. The van der Waals surface area contributed by atoms with Crippen LogP contribution in [0, 0.1) is 41.4 Å². The molecule has 10 amide bonds. The maximum Gasteiger partial charge on any atom is 0.325 e. The standard InChI is InChI=1S/C65H117N11O14/c1-27-29-30-42(15)55(90-45(18)77)54(59(82)69-46(28-2)61(84)71(20)35-51(78)89-26)76(25)65(88)53(41(13)14)75(24)63(86)50(34-39(9)10)74(23)62(85)49(33-38(7)8)73(22)60(83)44(17)68-56(79)43(16)67-58(81)48(32-37(5)6)72(21)64(87)52(40(11)12)70-57(80)47(66-19)31-36(3)4/h27,29,36-44,46-50,52-55,66H,28,30-35H2,1-26H3,(H,67,81)(H,68,79)(H,69,82)(H,70,80)/t42-,43+,44-,46+,47+,48+,49+,50+,52+,53+,54+,55-/m1/s1. The largest absolute Gasteiger partial charge is 0.468 e. The van der Waals surface area contributed by atoms with Crippen molar-refractivity contribution >= 4 is 71.0 Å². The Bertz CT molecular complexity index is 2430. The lowest BCUT2D eigenvalue weighted by atomic mass is 9.91. The van der Waals surface area contributed by atoms with Crippen molar-refractivity contribution in [2.45, 2.75) is 230 Å². The molecule has 516 valence electrons. The maximum atomic E-state index is 15.2. The highest BCUT2D eigenvalue weighted by molar-refractivity contribution is 5.99. The summed E-state index contributed by atoms with van der Waals surface area (Å²) in [4.78, 5) is 176.